The van der Waals surface area contributed by atoms with Crippen LogP contribution in [-0.4, -0.2) is 15.5 Å². The molecule has 2 N–H and O–H groups in total. The summed E-state index contributed by atoms with van der Waals surface area (Å²) in [5.74, 6) is 0.692. The van der Waals surface area contributed by atoms with E-state index in [4.69, 9.17) is 4.74 Å². The van der Waals surface area contributed by atoms with Crippen molar-refractivity contribution in [2.75, 3.05) is 7.11 Å². The second-order valence-electron chi connectivity index (χ2n) is 6.12. The van der Waals surface area contributed by atoms with Gasteiger partial charge in [-0.3, -0.25) is 0 Å². The van der Waals surface area contributed by atoms with Gasteiger partial charge < -0.3 is 10.1 Å². The van der Waals surface area contributed by atoms with Gasteiger partial charge >= 0.3 is 0 Å². The first-order valence-electron chi connectivity index (χ1n) is 7.87. The summed E-state index contributed by atoms with van der Waals surface area (Å²) in [5.41, 5.74) is 4.95. The molecule has 0 aromatic heterocycles. The van der Waals surface area contributed by atoms with Crippen molar-refractivity contribution in [1.82, 2.24) is 10.0 Å². The number of ether oxygens (including phenoxy) is 1. The van der Waals surface area contributed by atoms with Crippen LogP contribution in [0.25, 0.3) is 0 Å². The number of halogens is 1. The van der Waals surface area contributed by atoms with Crippen molar-refractivity contribution in [3.63, 3.8) is 0 Å². The van der Waals surface area contributed by atoms with Crippen LogP contribution in [0.1, 0.15) is 27.8 Å². The third kappa shape index (κ3) is 4.15. The second kappa shape index (κ2) is 7.74. The molecule has 0 atom stereocenters. The number of nitrogens with one attached hydrogen (secondary N) is 2. The number of sulfonamides is 1. The molecule has 0 unspecified atom stereocenters. The summed E-state index contributed by atoms with van der Waals surface area (Å²) in [6, 6.07) is 9.50. The summed E-state index contributed by atoms with van der Waals surface area (Å²) in [4.78, 5) is 0.295. The number of methoxy groups -OCH3 is 1. The van der Waals surface area contributed by atoms with Gasteiger partial charge in [0.2, 0.25) is 10.0 Å². The van der Waals surface area contributed by atoms with Crippen LogP contribution in [0.2, 0.25) is 0 Å². The van der Waals surface area contributed by atoms with E-state index in [1.54, 1.807) is 26.2 Å². The summed E-state index contributed by atoms with van der Waals surface area (Å²) >= 11 is 0. The molecule has 0 radical (unpaired) electrons. The molecule has 25 heavy (non-hydrogen) atoms. The highest BCUT2D eigenvalue weighted by atomic mass is 35.5. The second-order valence-corrected chi connectivity index (χ2v) is 7.85. The lowest BCUT2D eigenvalue weighted by Crippen LogP contribution is -2.24. The average Bonchev–Trinajstić information content (AvgIpc) is 3.02. The van der Waals surface area contributed by atoms with Gasteiger partial charge in [0.1, 0.15) is 5.75 Å². The van der Waals surface area contributed by atoms with Crippen LogP contribution < -0.4 is 14.8 Å². The monoisotopic (exact) mass is 382 g/mol. The zero-order valence-corrected chi connectivity index (χ0v) is 16.2. The molecule has 2 aromatic rings. The molecule has 1 heterocycles. The molecular formula is C18H23ClN2O3S. The van der Waals surface area contributed by atoms with E-state index in [0.29, 0.717) is 16.2 Å². The van der Waals surface area contributed by atoms with Crippen molar-refractivity contribution in [3.8, 4) is 5.75 Å². The molecule has 0 spiro atoms. The van der Waals surface area contributed by atoms with Crippen LogP contribution in [0.15, 0.2) is 35.2 Å². The highest BCUT2D eigenvalue weighted by Crippen LogP contribution is 2.25. The molecule has 0 amide bonds. The Bertz CT molecular complexity index is 882. The van der Waals surface area contributed by atoms with E-state index in [1.165, 1.54) is 11.1 Å². The molecule has 1 aliphatic heterocycles. The van der Waals surface area contributed by atoms with E-state index >= 15 is 0 Å². The van der Waals surface area contributed by atoms with Gasteiger partial charge in [0.05, 0.1) is 12.0 Å². The van der Waals surface area contributed by atoms with E-state index in [9.17, 15) is 8.42 Å². The molecule has 5 nitrogen and oxygen atoms in total. The number of rotatable bonds is 5. The normalized spacial score (nSPS) is 13.2. The minimum absolute atomic E-state index is 0. The van der Waals surface area contributed by atoms with Gasteiger partial charge in [-0.05, 0) is 53.8 Å². The van der Waals surface area contributed by atoms with E-state index in [1.807, 2.05) is 13.0 Å². The molecular weight excluding hydrogens is 360 g/mol. The Kier molecular flexibility index (Phi) is 6.11. The van der Waals surface area contributed by atoms with Crippen molar-refractivity contribution < 1.29 is 13.2 Å². The van der Waals surface area contributed by atoms with E-state index in [0.717, 1.165) is 24.2 Å². The van der Waals surface area contributed by atoms with Crippen molar-refractivity contribution in [1.29, 1.82) is 0 Å². The molecule has 2 aromatic carbocycles. The molecule has 0 aliphatic carbocycles. The van der Waals surface area contributed by atoms with Gasteiger partial charge in [0.15, 0.2) is 0 Å². The zero-order valence-electron chi connectivity index (χ0n) is 14.5. The minimum atomic E-state index is -3.57. The van der Waals surface area contributed by atoms with E-state index < -0.39 is 10.0 Å². The van der Waals surface area contributed by atoms with Crippen LogP contribution in [0.3, 0.4) is 0 Å². The van der Waals surface area contributed by atoms with E-state index in [-0.39, 0.29) is 19.0 Å². The summed E-state index contributed by atoms with van der Waals surface area (Å²) in [5, 5.41) is 3.29. The number of aryl methyl sites for hydroxylation is 2. The lowest BCUT2D eigenvalue weighted by Gasteiger charge is -2.13. The Hall–Kier alpha value is -1.60. The highest BCUT2D eigenvalue weighted by molar-refractivity contribution is 7.89. The maximum atomic E-state index is 12.6. The Balaban J connectivity index is 0.00000225. The zero-order chi connectivity index (χ0) is 17.3. The molecule has 136 valence electrons. The molecule has 3 rings (SSSR count). The van der Waals surface area contributed by atoms with Crippen molar-refractivity contribution >= 4 is 22.4 Å². The van der Waals surface area contributed by atoms with Crippen LogP contribution in [-0.2, 0) is 29.7 Å². The topological polar surface area (TPSA) is 67.4 Å². The first kappa shape index (κ1) is 19.7. The first-order chi connectivity index (χ1) is 11.4. The molecule has 1 aliphatic rings. The maximum absolute atomic E-state index is 12.6. The number of benzene rings is 2. The average molecular weight is 383 g/mol. The fourth-order valence-electron chi connectivity index (χ4n) is 2.99. The smallest absolute Gasteiger partial charge is 0.241 e. The Morgan fingerprint density at radius 3 is 2.52 bits per heavy atom. The summed E-state index contributed by atoms with van der Waals surface area (Å²) < 4.78 is 33.2. The largest absolute Gasteiger partial charge is 0.496 e. The van der Waals surface area contributed by atoms with Crippen LogP contribution in [0.4, 0.5) is 0 Å². The summed E-state index contributed by atoms with van der Waals surface area (Å²) in [6.45, 7) is 5.61. The van der Waals surface area contributed by atoms with Gasteiger partial charge in [-0.2, -0.15) is 0 Å². The van der Waals surface area contributed by atoms with Gasteiger partial charge in [-0.25, -0.2) is 13.1 Å². The predicted molar refractivity (Wildman–Crippen MR) is 101 cm³/mol. The van der Waals surface area contributed by atoms with Crippen LogP contribution >= 0.6 is 12.4 Å². The number of hydrogen-bond donors (Lipinski definition) is 2. The van der Waals surface area contributed by atoms with Gasteiger partial charge in [-0.15, -0.1) is 12.4 Å². The van der Waals surface area contributed by atoms with Gasteiger partial charge in [-0.1, -0.05) is 18.2 Å². The lowest BCUT2D eigenvalue weighted by atomic mass is 10.1. The molecule has 0 saturated heterocycles. The fourth-order valence-corrected chi connectivity index (χ4v) is 4.31. The SMILES string of the molecule is COc1cc(C)c(S(=O)(=O)NCc2ccc3c(c2)CNC3)cc1C.Cl. The predicted octanol–water partition coefficient (Wildman–Crippen LogP) is 2.82. The molecule has 0 bridgehead atoms. The highest BCUT2D eigenvalue weighted by Gasteiger charge is 2.19. The summed E-state index contributed by atoms with van der Waals surface area (Å²) in [7, 11) is -1.99. The Morgan fingerprint density at radius 2 is 1.80 bits per heavy atom. The first-order valence-corrected chi connectivity index (χ1v) is 9.35. The van der Waals surface area contributed by atoms with Gasteiger partial charge in [0, 0.05) is 19.6 Å². The molecule has 0 fully saturated rings. The molecule has 7 heteroatoms. The third-order valence-electron chi connectivity index (χ3n) is 4.35. The lowest BCUT2D eigenvalue weighted by molar-refractivity contribution is 0.411. The van der Waals surface area contributed by atoms with E-state index in [2.05, 4.69) is 22.2 Å². The minimum Gasteiger partial charge on any atom is -0.496 e. The van der Waals surface area contributed by atoms with Crippen LogP contribution in [0.5, 0.6) is 5.75 Å². The quantitative estimate of drug-likeness (QED) is 0.834. The third-order valence-corrected chi connectivity index (χ3v) is 5.89. The molecule has 0 saturated carbocycles. The van der Waals surface area contributed by atoms with Crippen molar-refractivity contribution in [2.45, 2.75) is 38.4 Å². The van der Waals surface area contributed by atoms with Crippen molar-refractivity contribution in [3.05, 3.63) is 58.1 Å². The summed E-state index contributed by atoms with van der Waals surface area (Å²) in [6.07, 6.45) is 0. The van der Waals surface area contributed by atoms with Crippen LogP contribution in [0, 0.1) is 13.8 Å². The maximum Gasteiger partial charge on any atom is 0.241 e. The standard InChI is InChI=1S/C18H22N2O3S.ClH/c1-12-7-18(13(2)6-17(12)23-3)24(21,22)20-9-14-4-5-15-10-19-11-16(15)8-14;/h4-8,19-20H,9-11H2,1-3H3;1H. The Morgan fingerprint density at radius 1 is 1.08 bits per heavy atom. The van der Waals surface area contributed by atoms with Gasteiger partial charge in [0.25, 0.3) is 0 Å². The van der Waals surface area contributed by atoms with Crippen molar-refractivity contribution in [2.24, 2.45) is 0 Å². The number of fused-ring (bicyclic) bond motifs is 1. The Labute approximate surface area is 155 Å². The number of hydrogen-bond acceptors (Lipinski definition) is 4. The fraction of sp³-hybridized carbons (Fsp3) is 0.333.